The molecule has 4 saturated carbocycles. The van der Waals surface area contributed by atoms with E-state index in [4.69, 9.17) is 0 Å². The van der Waals surface area contributed by atoms with Gasteiger partial charge in [-0.3, -0.25) is 0 Å². The Morgan fingerprint density at radius 3 is 2.14 bits per heavy atom. The third-order valence-electron chi connectivity index (χ3n) is 6.43. The number of benzene rings is 2. The summed E-state index contributed by atoms with van der Waals surface area (Å²) < 4.78 is 0. The van der Waals surface area contributed by atoms with Gasteiger partial charge in [0.15, 0.2) is 0 Å². The molecule has 1 heteroatoms. The molecule has 0 radical (unpaired) electrons. The Balaban J connectivity index is 1.35. The van der Waals surface area contributed by atoms with Gasteiger partial charge in [0.25, 0.3) is 0 Å². The first-order valence-corrected chi connectivity index (χ1v) is 9.88. The average molecular weight is 308 g/mol. The van der Waals surface area contributed by atoms with Crippen LogP contribution in [0.2, 0.25) is 0 Å². The van der Waals surface area contributed by atoms with Crippen molar-refractivity contribution < 1.29 is 0 Å². The zero-order valence-electron chi connectivity index (χ0n) is 13.1. The molecular weight excluding hydrogens is 284 g/mol. The predicted molar refractivity (Wildman–Crippen MR) is 95.3 cm³/mol. The lowest BCUT2D eigenvalue weighted by Crippen LogP contribution is -2.47. The molecule has 0 heterocycles. The Morgan fingerprint density at radius 2 is 1.45 bits per heavy atom. The first kappa shape index (κ1) is 13.5. The maximum Gasteiger partial charge on any atom is 0.00785 e. The number of rotatable bonds is 3. The maximum absolute atomic E-state index is 2.39. The van der Waals surface area contributed by atoms with Crippen molar-refractivity contribution in [2.24, 2.45) is 23.2 Å². The SMILES string of the molecule is c1ccc2cc(SCC34CC5CC(CC(C5)C3)C4)ccc2c1. The van der Waals surface area contributed by atoms with E-state index < -0.39 is 0 Å². The fourth-order valence-electron chi connectivity index (χ4n) is 5.96. The Kier molecular flexibility index (Phi) is 3.08. The first-order valence-electron chi connectivity index (χ1n) is 8.90. The quantitative estimate of drug-likeness (QED) is 0.613. The fraction of sp³-hybridized carbons (Fsp3) is 0.524. The van der Waals surface area contributed by atoms with Crippen molar-refractivity contribution >= 4 is 22.5 Å². The van der Waals surface area contributed by atoms with Crippen molar-refractivity contribution in [3.8, 4) is 0 Å². The summed E-state index contributed by atoms with van der Waals surface area (Å²) >= 11 is 2.12. The second-order valence-electron chi connectivity index (χ2n) is 8.22. The topological polar surface area (TPSA) is 0 Å². The maximum atomic E-state index is 2.39. The zero-order chi connectivity index (χ0) is 14.6. The molecule has 0 aliphatic heterocycles. The molecule has 2 aromatic rings. The lowest BCUT2D eigenvalue weighted by Gasteiger charge is -2.56. The van der Waals surface area contributed by atoms with E-state index in [0.717, 1.165) is 17.8 Å². The number of hydrogen-bond donors (Lipinski definition) is 0. The van der Waals surface area contributed by atoms with Gasteiger partial charge in [-0.2, -0.15) is 0 Å². The normalized spacial score (nSPS) is 36.1. The summed E-state index contributed by atoms with van der Waals surface area (Å²) in [5, 5.41) is 2.75. The lowest BCUT2D eigenvalue weighted by atomic mass is 9.50. The van der Waals surface area contributed by atoms with Crippen LogP contribution >= 0.6 is 11.8 Å². The summed E-state index contributed by atoms with van der Waals surface area (Å²) in [6.45, 7) is 0. The molecule has 4 aliphatic rings. The van der Waals surface area contributed by atoms with E-state index in [1.807, 2.05) is 0 Å². The van der Waals surface area contributed by atoms with E-state index >= 15 is 0 Å². The van der Waals surface area contributed by atoms with Crippen LogP contribution in [0.5, 0.6) is 0 Å². The molecule has 6 rings (SSSR count). The second kappa shape index (κ2) is 5.03. The van der Waals surface area contributed by atoms with Crippen molar-refractivity contribution in [1.82, 2.24) is 0 Å². The standard InChI is InChI=1S/C21H24S/c1-2-4-19-10-20(6-5-18(19)3-1)22-14-21-11-15-7-16(12-21)9-17(8-15)13-21/h1-6,10,15-17H,7-9,11-14H2. The molecule has 4 fully saturated rings. The van der Waals surface area contributed by atoms with Gasteiger partial charge in [0.2, 0.25) is 0 Å². The van der Waals surface area contributed by atoms with Crippen LogP contribution in [-0.2, 0) is 0 Å². The van der Waals surface area contributed by atoms with Crippen molar-refractivity contribution in [1.29, 1.82) is 0 Å². The van der Waals surface area contributed by atoms with Crippen LogP contribution in [0.25, 0.3) is 10.8 Å². The Labute approximate surface area is 137 Å². The summed E-state index contributed by atoms with van der Waals surface area (Å²) in [5.41, 5.74) is 0.686. The highest BCUT2D eigenvalue weighted by Gasteiger charge is 2.50. The van der Waals surface area contributed by atoms with E-state index in [1.54, 1.807) is 19.3 Å². The van der Waals surface area contributed by atoms with Crippen molar-refractivity contribution in [3.63, 3.8) is 0 Å². The first-order chi connectivity index (χ1) is 10.8. The monoisotopic (exact) mass is 308 g/mol. The highest BCUT2D eigenvalue weighted by atomic mass is 32.2. The second-order valence-corrected chi connectivity index (χ2v) is 9.26. The largest absolute Gasteiger partial charge is 0.126 e. The third-order valence-corrected chi connectivity index (χ3v) is 7.77. The molecule has 0 N–H and O–H groups in total. The molecular formula is C21H24S. The van der Waals surface area contributed by atoms with Gasteiger partial charge in [-0.05, 0) is 84.6 Å². The van der Waals surface area contributed by atoms with Gasteiger partial charge in [-0.15, -0.1) is 11.8 Å². The summed E-state index contributed by atoms with van der Waals surface area (Å²) in [6.07, 6.45) is 9.25. The van der Waals surface area contributed by atoms with Gasteiger partial charge in [-0.1, -0.05) is 30.3 Å². The highest BCUT2D eigenvalue weighted by molar-refractivity contribution is 7.99. The van der Waals surface area contributed by atoms with Crippen molar-refractivity contribution in [2.75, 3.05) is 5.75 Å². The molecule has 114 valence electrons. The molecule has 0 saturated heterocycles. The van der Waals surface area contributed by atoms with Crippen LogP contribution in [-0.4, -0.2) is 5.75 Å². The van der Waals surface area contributed by atoms with Crippen molar-refractivity contribution in [2.45, 2.75) is 43.4 Å². The average Bonchev–Trinajstić information content (AvgIpc) is 2.52. The predicted octanol–water partition coefficient (Wildman–Crippen LogP) is 6.15. The molecule has 4 aliphatic carbocycles. The lowest BCUT2D eigenvalue weighted by molar-refractivity contribution is -0.0381. The van der Waals surface area contributed by atoms with Gasteiger partial charge in [0.1, 0.15) is 0 Å². The van der Waals surface area contributed by atoms with E-state index in [9.17, 15) is 0 Å². The minimum absolute atomic E-state index is 0.686. The molecule has 0 nitrogen and oxygen atoms in total. The zero-order valence-corrected chi connectivity index (χ0v) is 13.9. The molecule has 4 bridgehead atoms. The Bertz CT molecular complexity index is 667. The highest BCUT2D eigenvalue weighted by Crippen LogP contribution is 2.61. The summed E-state index contributed by atoms with van der Waals surface area (Å²) in [4.78, 5) is 1.47. The van der Waals surface area contributed by atoms with Crippen LogP contribution < -0.4 is 0 Å². The van der Waals surface area contributed by atoms with Gasteiger partial charge >= 0.3 is 0 Å². The minimum atomic E-state index is 0.686. The summed E-state index contributed by atoms with van der Waals surface area (Å²) in [5.74, 6) is 4.57. The van der Waals surface area contributed by atoms with Gasteiger partial charge in [0.05, 0.1) is 0 Å². The third kappa shape index (κ3) is 2.29. The van der Waals surface area contributed by atoms with Gasteiger partial charge in [0, 0.05) is 10.6 Å². The molecule has 0 unspecified atom stereocenters. The van der Waals surface area contributed by atoms with Crippen LogP contribution in [0.4, 0.5) is 0 Å². The minimum Gasteiger partial charge on any atom is -0.126 e. The molecule has 0 spiro atoms. The van der Waals surface area contributed by atoms with Crippen LogP contribution in [0.1, 0.15) is 38.5 Å². The number of thioether (sulfide) groups is 1. The molecule has 2 aromatic carbocycles. The summed E-state index contributed by atoms with van der Waals surface area (Å²) in [6, 6.07) is 15.7. The van der Waals surface area contributed by atoms with Gasteiger partial charge in [-0.25, -0.2) is 0 Å². The molecule has 0 atom stereocenters. The van der Waals surface area contributed by atoms with E-state index in [-0.39, 0.29) is 0 Å². The number of hydrogen-bond acceptors (Lipinski definition) is 1. The summed E-state index contributed by atoms with van der Waals surface area (Å²) in [7, 11) is 0. The molecule has 0 aromatic heterocycles. The van der Waals surface area contributed by atoms with E-state index in [0.29, 0.717) is 5.41 Å². The van der Waals surface area contributed by atoms with Crippen LogP contribution in [0.3, 0.4) is 0 Å². The van der Waals surface area contributed by atoms with Crippen LogP contribution in [0.15, 0.2) is 47.4 Å². The molecule has 0 amide bonds. The Morgan fingerprint density at radius 1 is 0.818 bits per heavy atom. The smallest absolute Gasteiger partial charge is 0.00785 e. The fourth-order valence-corrected chi connectivity index (χ4v) is 7.16. The van der Waals surface area contributed by atoms with E-state index in [1.165, 1.54) is 40.7 Å². The van der Waals surface area contributed by atoms with Gasteiger partial charge < -0.3 is 0 Å². The van der Waals surface area contributed by atoms with E-state index in [2.05, 4.69) is 54.2 Å². The number of fused-ring (bicyclic) bond motifs is 1. The van der Waals surface area contributed by atoms with Crippen molar-refractivity contribution in [3.05, 3.63) is 42.5 Å². The Hall–Kier alpha value is -0.950. The molecule has 22 heavy (non-hydrogen) atoms. The van der Waals surface area contributed by atoms with Crippen LogP contribution in [0, 0.1) is 23.2 Å².